The van der Waals surface area contributed by atoms with Crippen molar-refractivity contribution in [3.8, 4) is 28.7 Å². The van der Waals surface area contributed by atoms with E-state index in [9.17, 15) is 30.6 Å². The van der Waals surface area contributed by atoms with Gasteiger partial charge in [0, 0.05) is 42.6 Å². The lowest BCUT2D eigenvalue weighted by atomic mass is 9.64. The average Bonchev–Trinajstić information content (AvgIpc) is 3.63. The summed E-state index contributed by atoms with van der Waals surface area (Å²) in [6.07, 6.45) is 12.4. The monoisotopic (exact) mass is 635 g/mol. The van der Waals surface area contributed by atoms with E-state index in [4.69, 9.17) is 0 Å². The van der Waals surface area contributed by atoms with E-state index in [1.807, 2.05) is 6.20 Å². The van der Waals surface area contributed by atoms with Crippen LogP contribution in [0.15, 0.2) is 73.2 Å². The number of nitrogens with one attached hydrogen (secondary N) is 2. The van der Waals surface area contributed by atoms with Crippen molar-refractivity contribution in [1.82, 2.24) is 15.3 Å². The van der Waals surface area contributed by atoms with E-state index < -0.39 is 0 Å². The SMILES string of the molecule is OC[C@H]1CCCC[C@]1(CNCc1ccc(CCc2c(O)c(O)c3c(O)cccc3c2/C=C/c2ccc(O)c(O)c2)cc1)c1cnc[nH]1. The molecule has 1 heterocycles. The van der Waals surface area contributed by atoms with Crippen LogP contribution in [0.25, 0.3) is 22.9 Å². The standard InChI is InChI=1S/C38H41N3O6/c42-21-27-4-1-2-17-38(27,34-20-40-23-41-34)22-39-19-26-9-7-24(8-10-26)11-15-30-28(14-12-25-13-16-31(43)33(45)18-25)29-5-3-6-32(44)35(29)37(47)36(30)46/h3,5-10,12-14,16,18,20,23,27,39,42-47H,1-2,4,11,15,17,19,21-22H2,(H,40,41)/b14-12+/t27-,38-/m1/s1. The van der Waals surface area contributed by atoms with Crippen LogP contribution in [0.3, 0.4) is 0 Å². The smallest absolute Gasteiger partial charge is 0.169 e. The Hall–Kier alpha value is -4.99. The van der Waals surface area contributed by atoms with Crippen molar-refractivity contribution in [2.75, 3.05) is 13.2 Å². The molecule has 0 saturated heterocycles. The minimum atomic E-state index is -0.372. The third-order valence-electron chi connectivity index (χ3n) is 9.76. The summed E-state index contributed by atoms with van der Waals surface area (Å²) < 4.78 is 0. The number of imidazole rings is 1. The van der Waals surface area contributed by atoms with E-state index in [1.165, 1.54) is 18.2 Å². The Balaban J connectivity index is 1.19. The predicted molar refractivity (Wildman–Crippen MR) is 183 cm³/mol. The van der Waals surface area contributed by atoms with Crippen LogP contribution >= 0.6 is 0 Å². The molecule has 4 aromatic carbocycles. The number of aryl methyl sites for hydroxylation is 1. The number of nitrogens with zero attached hydrogens (tertiary/aromatic N) is 1. The Kier molecular flexibility index (Phi) is 9.38. The van der Waals surface area contributed by atoms with Crippen LogP contribution in [-0.2, 0) is 24.8 Å². The number of H-pyrrole nitrogens is 1. The first-order valence-corrected chi connectivity index (χ1v) is 16.1. The third-order valence-corrected chi connectivity index (χ3v) is 9.76. The molecule has 1 saturated carbocycles. The van der Waals surface area contributed by atoms with Gasteiger partial charge >= 0.3 is 0 Å². The second-order valence-corrected chi connectivity index (χ2v) is 12.5. The Bertz CT molecular complexity index is 1870. The topological polar surface area (TPSA) is 162 Å². The molecule has 0 unspecified atom stereocenters. The van der Waals surface area contributed by atoms with E-state index in [0.717, 1.165) is 49.0 Å². The molecule has 1 fully saturated rings. The van der Waals surface area contributed by atoms with Crippen LogP contribution in [0.2, 0.25) is 0 Å². The molecule has 8 N–H and O–H groups in total. The highest BCUT2D eigenvalue weighted by Gasteiger charge is 2.42. The molecule has 9 nitrogen and oxygen atoms in total. The van der Waals surface area contributed by atoms with Crippen LogP contribution in [0.4, 0.5) is 0 Å². The second-order valence-electron chi connectivity index (χ2n) is 12.5. The number of rotatable bonds is 11. The van der Waals surface area contributed by atoms with Gasteiger partial charge in [0.2, 0.25) is 0 Å². The molecule has 6 rings (SSSR count). The summed E-state index contributed by atoms with van der Waals surface area (Å²) in [4.78, 5) is 7.57. The fourth-order valence-corrected chi connectivity index (χ4v) is 7.14. The quantitative estimate of drug-likeness (QED) is 0.0623. The predicted octanol–water partition coefficient (Wildman–Crippen LogP) is 6.26. The van der Waals surface area contributed by atoms with Crippen LogP contribution in [0, 0.1) is 5.92 Å². The highest BCUT2D eigenvalue weighted by molar-refractivity contribution is 6.03. The fraction of sp³-hybridized carbons (Fsp3) is 0.289. The van der Waals surface area contributed by atoms with Gasteiger partial charge in [-0.2, -0.15) is 0 Å². The number of fused-ring (bicyclic) bond motifs is 1. The van der Waals surface area contributed by atoms with Crippen molar-refractivity contribution in [3.63, 3.8) is 0 Å². The molecule has 5 aromatic rings. The van der Waals surface area contributed by atoms with Crippen molar-refractivity contribution in [3.05, 3.63) is 107 Å². The van der Waals surface area contributed by atoms with Gasteiger partial charge < -0.3 is 40.9 Å². The number of aliphatic hydroxyl groups excluding tert-OH is 1. The number of aromatic nitrogens is 2. The van der Waals surface area contributed by atoms with Gasteiger partial charge in [0.1, 0.15) is 5.75 Å². The number of aliphatic hydroxyl groups is 1. The first-order valence-electron chi connectivity index (χ1n) is 16.1. The third kappa shape index (κ3) is 6.50. The number of aromatic amines is 1. The zero-order valence-corrected chi connectivity index (χ0v) is 26.2. The summed E-state index contributed by atoms with van der Waals surface area (Å²) in [5, 5.41) is 66.8. The second kappa shape index (κ2) is 13.8. The van der Waals surface area contributed by atoms with Crippen LogP contribution in [-0.4, -0.2) is 53.8 Å². The van der Waals surface area contributed by atoms with Gasteiger partial charge in [0.25, 0.3) is 0 Å². The molecular formula is C38H41N3O6. The van der Waals surface area contributed by atoms with Crippen molar-refractivity contribution in [2.24, 2.45) is 5.92 Å². The van der Waals surface area contributed by atoms with E-state index in [-0.39, 0.29) is 52.1 Å². The minimum Gasteiger partial charge on any atom is -0.507 e. The number of aromatic hydroxyl groups is 5. The van der Waals surface area contributed by atoms with Crippen LogP contribution in [0.1, 0.15) is 59.2 Å². The Morgan fingerprint density at radius 1 is 0.851 bits per heavy atom. The molecule has 2 atom stereocenters. The maximum atomic E-state index is 11.1. The van der Waals surface area contributed by atoms with Gasteiger partial charge in [-0.05, 0) is 77.4 Å². The number of hydrogen-bond donors (Lipinski definition) is 8. The maximum absolute atomic E-state index is 11.1. The first kappa shape index (κ1) is 32.0. The maximum Gasteiger partial charge on any atom is 0.169 e. The fourth-order valence-electron chi connectivity index (χ4n) is 7.14. The van der Waals surface area contributed by atoms with Crippen molar-refractivity contribution >= 4 is 22.9 Å². The number of hydrogen-bond acceptors (Lipinski definition) is 8. The Morgan fingerprint density at radius 2 is 1.66 bits per heavy atom. The van der Waals surface area contributed by atoms with Crippen molar-refractivity contribution < 1.29 is 30.6 Å². The molecule has 1 aliphatic rings. The van der Waals surface area contributed by atoms with Gasteiger partial charge in [-0.3, -0.25) is 0 Å². The molecular weight excluding hydrogens is 594 g/mol. The lowest BCUT2D eigenvalue weighted by Gasteiger charge is -2.43. The summed E-state index contributed by atoms with van der Waals surface area (Å²) in [6.45, 7) is 1.57. The molecule has 0 bridgehead atoms. The number of phenolic OH excluding ortho intramolecular Hbond substituents is 5. The average molecular weight is 636 g/mol. The molecule has 47 heavy (non-hydrogen) atoms. The van der Waals surface area contributed by atoms with Gasteiger partial charge in [-0.15, -0.1) is 0 Å². The van der Waals surface area contributed by atoms with Gasteiger partial charge in [0.05, 0.1) is 11.7 Å². The molecule has 9 heteroatoms. The van der Waals surface area contributed by atoms with Gasteiger partial charge in [-0.25, -0.2) is 4.98 Å². The Morgan fingerprint density at radius 3 is 2.40 bits per heavy atom. The van der Waals surface area contributed by atoms with Gasteiger partial charge in [0.15, 0.2) is 23.0 Å². The van der Waals surface area contributed by atoms with E-state index in [2.05, 4.69) is 39.6 Å². The molecule has 1 aliphatic carbocycles. The van der Waals surface area contributed by atoms with E-state index in [0.29, 0.717) is 41.5 Å². The lowest BCUT2D eigenvalue weighted by molar-refractivity contribution is 0.0996. The molecule has 0 spiro atoms. The zero-order chi connectivity index (χ0) is 33.0. The Labute approximate surface area is 273 Å². The summed E-state index contributed by atoms with van der Waals surface area (Å²) in [5.74, 6) is -1.10. The first-order chi connectivity index (χ1) is 22.8. The van der Waals surface area contributed by atoms with Crippen molar-refractivity contribution in [1.29, 1.82) is 0 Å². The molecule has 244 valence electrons. The van der Waals surface area contributed by atoms with E-state index in [1.54, 1.807) is 36.7 Å². The number of benzene rings is 4. The highest BCUT2D eigenvalue weighted by atomic mass is 16.3. The largest absolute Gasteiger partial charge is 0.507 e. The normalized spacial score (nSPS) is 18.3. The van der Waals surface area contributed by atoms with E-state index >= 15 is 0 Å². The minimum absolute atomic E-state index is 0.145. The summed E-state index contributed by atoms with van der Waals surface area (Å²) >= 11 is 0. The molecule has 1 aromatic heterocycles. The number of phenols is 5. The van der Waals surface area contributed by atoms with Crippen LogP contribution in [0.5, 0.6) is 28.7 Å². The van der Waals surface area contributed by atoms with Crippen molar-refractivity contribution in [2.45, 2.75) is 50.5 Å². The molecule has 0 radical (unpaired) electrons. The molecule has 0 amide bonds. The van der Waals surface area contributed by atoms with Gasteiger partial charge in [-0.1, -0.05) is 67.5 Å². The lowest BCUT2D eigenvalue weighted by Crippen LogP contribution is -2.47. The summed E-state index contributed by atoms with van der Waals surface area (Å²) in [5.41, 5.74) is 4.88. The highest BCUT2D eigenvalue weighted by Crippen LogP contribution is 2.45. The summed E-state index contributed by atoms with van der Waals surface area (Å²) in [7, 11) is 0. The van der Waals surface area contributed by atoms with Crippen LogP contribution < -0.4 is 5.32 Å². The summed E-state index contributed by atoms with van der Waals surface area (Å²) in [6, 6.07) is 17.7. The zero-order valence-electron chi connectivity index (χ0n) is 26.2. The molecule has 0 aliphatic heterocycles.